The molecule has 0 amide bonds. The number of aliphatic hydroxyl groups is 1. The quantitative estimate of drug-likeness (QED) is 0.319. The molecular weight excluding hydrogens is 538 g/mol. The Morgan fingerprint density at radius 1 is 1.31 bits per heavy atom. The predicted molar refractivity (Wildman–Crippen MR) is 152 cm³/mol. The number of cyclic esters (lactones) is 1. The Morgan fingerprint density at radius 2 is 2.00 bits per heavy atom. The largest absolute Gasteiger partial charge is 0.508 e. The first-order chi connectivity index (χ1) is 17.7. The molecule has 2 aromatic rings. The van der Waals surface area contributed by atoms with Crippen LogP contribution in [0.4, 0.5) is 0 Å². The van der Waals surface area contributed by atoms with E-state index in [1.807, 2.05) is 16.7 Å². The van der Waals surface area contributed by atoms with Gasteiger partial charge in [-0.2, -0.15) is 0 Å². The van der Waals surface area contributed by atoms with Crippen molar-refractivity contribution in [3.05, 3.63) is 57.0 Å². The normalized spacial score (nSPS) is 22.0. The van der Waals surface area contributed by atoms with E-state index < -0.39 is 31.3 Å². The monoisotopic (exact) mass is 573 g/mol. The standard InChI is InChI=1S/C28H35N3O6Si.ClH/c1-7-28(37-21(33)13-29)18-12-19-23(31-14-15-8-9-17(32)10-16(15)11-20(31)30-19)24(34)22(18)25(36-26(28)35)38(5,6)27(2,3)4;/h8-11,25,32,34H,7,12-14,29H2,1-6H3;1H. The number of aliphatic hydroxyl groups excluding tert-OH is 1. The Kier molecular flexibility index (Phi) is 7.07. The average molecular weight is 574 g/mol. The molecule has 39 heavy (non-hydrogen) atoms. The third kappa shape index (κ3) is 4.20. The van der Waals surface area contributed by atoms with Gasteiger partial charge in [-0.1, -0.05) is 46.9 Å². The van der Waals surface area contributed by atoms with E-state index in [-0.39, 0.29) is 48.3 Å². The van der Waals surface area contributed by atoms with Crippen LogP contribution in [0.5, 0.6) is 5.75 Å². The molecule has 0 saturated heterocycles. The summed E-state index contributed by atoms with van der Waals surface area (Å²) < 4.78 is 13.9. The van der Waals surface area contributed by atoms with Crippen molar-refractivity contribution in [2.75, 3.05) is 6.54 Å². The van der Waals surface area contributed by atoms with Gasteiger partial charge in [-0.15, -0.1) is 12.4 Å². The van der Waals surface area contributed by atoms with E-state index in [0.29, 0.717) is 34.2 Å². The Hall–Kier alpha value is -3.08. The lowest BCUT2D eigenvalue weighted by Gasteiger charge is -2.49. The molecule has 2 atom stereocenters. The zero-order chi connectivity index (χ0) is 27.8. The number of carbonyl (C=O) groups excluding carboxylic acids is 2. The van der Waals surface area contributed by atoms with Crippen molar-refractivity contribution in [1.29, 1.82) is 0 Å². The van der Waals surface area contributed by atoms with Crippen molar-refractivity contribution in [3.63, 3.8) is 0 Å². The average Bonchev–Trinajstić information content (AvgIpc) is 3.20. The van der Waals surface area contributed by atoms with Crippen molar-refractivity contribution < 1.29 is 29.3 Å². The molecule has 2 unspecified atom stereocenters. The summed E-state index contributed by atoms with van der Waals surface area (Å²) >= 11 is 0. The number of hydrogen-bond acceptors (Lipinski definition) is 8. The number of hydrogen-bond donors (Lipinski definition) is 3. The molecule has 0 saturated carbocycles. The first kappa shape index (κ1) is 28.9. The molecule has 3 heterocycles. The number of imidazole rings is 1. The molecule has 1 aromatic carbocycles. The summed E-state index contributed by atoms with van der Waals surface area (Å²) in [5.74, 6) is -1.19. The zero-order valence-corrected chi connectivity index (χ0v) is 24.9. The number of fused-ring (bicyclic) bond motifs is 4. The van der Waals surface area contributed by atoms with Gasteiger partial charge >= 0.3 is 11.9 Å². The van der Waals surface area contributed by atoms with Crippen LogP contribution in [0.15, 0.2) is 29.3 Å². The Balaban J connectivity index is 0.00000353. The number of nitrogens with two attached hydrogens (primary N) is 1. The summed E-state index contributed by atoms with van der Waals surface area (Å²) in [5.41, 5.74) is 7.32. The maximum atomic E-state index is 13.7. The highest BCUT2D eigenvalue weighted by Crippen LogP contribution is 2.49. The van der Waals surface area contributed by atoms with Gasteiger partial charge in [-0.3, -0.25) is 4.79 Å². The SMILES string of the molecule is CCC1(OC(=O)CN)C(=O)OC([Si](C)(C)C(C)(C)C)C2=C1Cc1nc3n(c1=C2O)Cc1ccc(O)cc1C=3.Cl. The maximum absolute atomic E-state index is 13.7. The van der Waals surface area contributed by atoms with E-state index in [1.54, 1.807) is 19.1 Å². The molecule has 0 bridgehead atoms. The van der Waals surface area contributed by atoms with E-state index in [4.69, 9.17) is 20.2 Å². The van der Waals surface area contributed by atoms with Crippen LogP contribution >= 0.6 is 12.4 Å². The second-order valence-electron chi connectivity index (χ2n) is 11.9. The van der Waals surface area contributed by atoms with Gasteiger partial charge in [0.2, 0.25) is 5.60 Å². The van der Waals surface area contributed by atoms with Crippen LogP contribution in [0.3, 0.4) is 0 Å². The second-order valence-corrected chi connectivity index (χ2v) is 17.4. The summed E-state index contributed by atoms with van der Waals surface area (Å²) in [7, 11) is -2.43. The molecule has 9 nitrogen and oxygen atoms in total. The highest BCUT2D eigenvalue weighted by atomic mass is 35.5. The number of ether oxygens (including phenoxy) is 2. The van der Waals surface area contributed by atoms with E-state index in [0.717, 1.165) is 11.1 Å². The molecule has 0 spiro atoms. The molecule has 4 N–H and O–H groups in total. The first-order valence-electron chi connectivity index (χ1n) is 12.9. The zero-order valence-electron chi connectivity index (χ0n) is 23.1. The second kappa shape index (κ2) is 9.53. The number of nitrogens with zero attached hydrogens (tertiary/aromatic N) is 2. The molecule has 11 heteroatoms. The number of phenols is 1. The lowest BCUT2D eigenvalue weighted by Crippen LogP contribution is -2.61. The van der Waals surface area contributed by atoms with Crippen LogP contribution in [0.2, 0.25) is 18.1 Å². The topological polar surface area (TPSA) is 137 Å². The van der Waals surface area contributed by atoms with Gasteiger partial charge in [0.25, 0.3) is 0 Å². The van der Waals surface area contributed by atoms with Crippen LogP contribution in [-0.2, 0) is 32.0 Å². The molecule has 1 aromatic heterocycles. The molecule has 210 valence electrons. The fraction of sp³-hybridized carbons (Fsp3) is 0.464. The lowest BCUT2D eigenvalue weighted by atomic mass is 9.79. The molecule has 3 aliphatic rings. The van der Waals surface area contributed by atoms with E-state index in [1.165, 1.54) is 0 Å². The number of rotatable bonds is 4. The van der Waals surface area contributed by atoms with Crippen molar-refractivity contribution in [1.82, 2.24) is 9.55 Å². The van der Waals surface area contributed by atoms with Gasteiger partial charge < -0.3 is 30.0 Å². The fourth-order valence-electron chi connectivity index (χ4n) is 5.58. The number of benzene rings is 1. The minimum absolute atomic E-state index is 0. The smallest absolute Gasteiger partial charge is 0.355 e. The van der Waals surface area contributed by atoms with E-state index >= 15 is 0 Å². The van der Waals surface area contributed by atoms with E-state index in [2.05, 4.69) is 33.9 Å². The summed E-state index contributed by atoms with van der Waals surface area (Å²) in [4.78, 5) is 31.0. The summed E-state index contributed by atoms with van der Waals surface area (Å²) in [6.07, 6.45) is 2.22. The van der Waals surface area contributed by atoms with Gasteiger partial charge in [0.15, 0.2) is 0 Å². The molecule has 5 rings (SSSR count). The highest BCUT2D eigenvalue weighted by Gasteiger charge is 2.59. The minimum atomic E-state index is -2.43. The molecule has 1 aliphatic carbocycles. The Morgan fingerprint density at radius 3 is 2.62 bits per heavy atom. The third-order valence-electron chi connectivity index (χ3n) is 8.81. The predicted octanol–water partition coefficient (Wildman–Crippen LogP) is 2.34. The van der Waals surface area contributed by atoms with Crippen molar-refractivity contribution in [2.24, 2.45) is 5.73 Å². The number of esters is 2. The molecule has 2 aliphatic heterocycles. The highest BCUT2D eigenvalue weighted by molar-refractivity contribution is 6.82. The lowest BCUT2D eigenvalue weighted by molar-refractivity contribution is -0.181. The van der Waals surface area contributed by atoms with Crippen LogP contribution in [-0.4, -0.2) is 57.6 Å². The van der Waals surface area contributed by atoms with Gasteiger partial charge in [-0.25, -0.2) is 9.78 Å². The Bertz CT molecular complexity index is 1540. The van der Waals surface area contributed by atoms with Gasteiger partial charge in [0, 0.05) is 17.6 Å². The van der Waals surface area contributed by atoms with Gasteiger partial charge in [-0.05, 0) is 40.8 Å². The Labute approximate surface area is 234 Å². The van der Waals surface area contributed by atoms with E-state index in [9.17, 15) is 19.8 Å². The molecular formula is C28H36ClN3O6Si. The summed E-state index contributed by atoms with van der Waals surface area (Å²) in [6, 6.07) is 5.19. The third-order valence-corrected chi connectivity index (χ3v) is 14.4. The van der Waals surface area contributed by atoms with Crippen LogP contribution < -0.4 is 16.6 Å². The van der Waals surface area contributed by atoms with Crippen molar-refractivity contribution in [2.45, 2.75) is 76.5 Å². The van der Waals surface area contributed by atoms with Crippen LogP contribution in [0.25, 0.3) is 11.8 Å². The first-order valence-corrected chi connectivity index (χ1v) is 16.0. The molecule has 0 radical (unpaired) electrons. The number of aromatic nitrogens is 2. The number of halogens is 1. The number of phenolic OH excluding ortho intramolecular Hbond substituents is 1. The molecule has 0 fully saturated rings. The van der Waals surface area contributed by atoms with Crippen molar-refractivity contribution >= 4 is 44.3 Å². The minimum Gasteiger partial charge on any atom is -0.508 e. The van der Waals surface area contributed by atoms with Gasteiger partial charge in [0.05, 0.1) is 18.8 Å². The summed E-state index contributed by atoms with van der Waals surface area (Å²) in [5, 5.41) is 22.4. The number of aromatic hydroxyl groups is 1. The van der Waals surface area contributed by atoms with Gasteiger partial charge in [0.1, 0.15) is 36.1 Å². The van der Waals surface area contributed by atoms with Crippen LogP contribution in [0.1, 0.15) is 50.9 Å². The number of carbonyl (C=O) groups is 2. The van der Waals surface area contributed by atoms with Crippen LogP contribution in [0, 0.1) is 0 Å². The summed E-state index contributed by atoms with van der Waals surface area (Å²) in [6.45, 7) is 12.5. The maximum Gasteiger partial charge on any atom is 0.355 e. The van der Waals surface area contributed by atoms with Crippen molar-refractivity contribution in [3.8, 4) is 5.75 Å². The fourth-order valence-corrected chi connectivity index (χ4v) is 7.80.